The monoisotopic (exact) mass is 335 g/mol. The zero-order valence-electron chi connectivity index (χ0n) is 12.7. The minimum Gasteiger partial charge on any atom is -0.419 e. The summed E-state index contributed by atoms with van der Waals surface area (Å²) in [6.07, 6.45) is 0.936. The molecule has 0 atom stereocenters. The molecule has 1 aliphatic heterocycles. The lowest BCUT2D eigenvalue weighted by atomic mass is 10.1. The van der Waals surface area contributed by atoms with Gasteiger partial charge in [0.05, 0.1) is 10.6 Å². The molecule has 1 heterocycles. The van der Waals surface area contributed by atoms with E-state index in [2.05, 4.69) is 5.32 Å². The molecule has 2 rings (SSSR count). The lowest BCUT2D eigenvalue weighted by Crippen LogP contribution is -2.42. The fourth-order valence-electron chi connectivity index (χ4n) is 2.00. The van der Waals surface area contributed by atoms with Crippen LogP contribution in [0.4, 0.5) is 11.4 Å². The molecule has 1 aromatic rings. The Labute approximate surface area is 135 Å². The molecular weight excluding hydrogens is 322 g/mol. The van der Waals surface area contributed by atoms with Crippen LogP contribution in [0.2, 0.25) is 0 Å². The number of primary amides is 1. The summed E-state index contributed by atoms with van der Waals surface area (Å²) in [5.74, 6) is -4.31. The molecule has 1 aliphatic rings. The topological polar surface area (TPSA) is 151 Å². The number of nitrogens with zero attached hydrogens (tertiary/aromatic N) is 1. The van der Waals surface area contributed by atoms with Crippen LogP contribution >= 0.6 is 0 Å². The lowest BCUT2D eigenvalue weighted by Gasteiger charge is -2.29. The average molecular weight is 335 g/mol. The number of anilines is 1. The number of hydrogen-bond acceptors (Lipinski definition) is 8. The second-order valence-electron chi connectivity index (χ2n) is 5.20. The van der Waals surface area contributed by atoms with Gasteiger partial charge < -0.3 is 20.5 Å². The first-order chi connectivity index (χ1) is 11.1. The number of nitro groups is 1. The summed E-state index contributed by atoms with van der Waals surface area (Å²) in [5.41, 5.74) is 3.75. The van der Waals surface area contributed by atoms with Crippen molar-refractivity contribution in [1.82, 2.24) is 0 Å². The second-order valence-corrected chi connectivity index (χ2v) is 5.20. The fourth-order valence-corrected chi connectivity index (χ4v) is 2.00. The Hall–Kier alpha value is -3.43. The molecule has 1 fully saturated rings. The van der Waals surface area contributed by atoms with Crippen LogP contribution in [0.5, 0.6) is 0 Å². The van der Waals surface area contributed by atoms with Crippen molar-refractivity contribution >= 4 is 29.2 Å². The number of rotatable bonds is 4. The van der Waals surface area contributed by atoms with Crippen molar-refractivity contribution in [3.8, 4) is 0 Å². The number of carbonyl (C=O) groups is 3. The van der Waals surface area contributed by atoms with E-state index in [1.165, 1.54) is 26.0 Å². The third-order valence-electron chi connectivity index (χ3n) is 2.97. The SMILES string of the molecule is CC1(C)OC(=O)C(=CNc2cccc([N+](=O)[O-])c2C(N)=O)C(=O)O1. The lowest BCUT2D eigenvalue weighted by molar-refractivity contribution is -0.385. The van der Waals surface area contributed by atoms with Crippen molar-refractivity contribution in [2.45, 2.75) is 19.6 Å². The predicted octanol–water partition coefficient (Wildman–Crippen LogP) is 0.826. The van der Waals surface area contributed by atoms with Gasteiger partial charge in [-0.1, -0.05) is 6.07 Å². The van der Waals surface area contributed by atoms with Gasteiger partial charge in [0.25, 0.3) is 17.4 Å². The van der Waals surface area contributed by atoms with Gasteiger partial charge in [0.1, 0.15) is 5.56 Å². The number of amides is 1. The number of benzene rings is 1. The van der Waals surface area contributed by atoms with E-state index in [9.17, 15) is 24.5 Å². The van der Waals surface area contributed by atoms with Crippen LogP contribution in [-0.2, 0) is 19.1 Å². The molecule has 0 spiro atoms. The summed E-state index contributed by atoms with van der Waals surface area (Å²) in [6.45, 7) is 2.78. The molecule has 10 nitrogen and oxygen atoms in total. The largest absolute Gasteiger partial charge is 0.419 e. The predicted molar refractivity (Wildman–Crippen MR) is 79.6 cm³/mol. The van der Waals surface area contributed by atoms with Crippen molar-refractivity contribution in [1.29, 1.82) is 0 Å². The first-order valence-electron chi connectivity index (χ1n) is 6.63. The molecule has 0 unspecified atom stereocenters. The molecule has 126 valence electrons. The van der Waals surface area contributed by atoms with Gasteiger partial charge in [0, 0.05) is 26.1 Å². The van der Waals surface area contributed by atoms with Crippen molar-refractivity contribution < 1.29 is 28.8 Å². The molecule has 1 saturated heterocycles. The normalized spacial score (nSPS) is 16.0. The number of carbonyl (C=O) groups excluding carboxylic acids is 3. The molecule has 10 heteroatoms. The summed E-state index contributed by atoms with van der Waals surface area (Å²) in [6, 6.07) is 3.74. The average Bonchev–Trinajstić information content (AvgIpc) is 2.44. The fraction of sp³-hybridized carbons (Fsp3) is 0.214. The Morgan fingerprint density at radius 3 is 2.38 bits per heavy atom. The number of ether oxygens (including phenoxy) is 2. The van der Waals surface area contributed by atoms with E-state index in [1.54, 1.807) is 0 Å². The summed E-state index contributed by atoms with van der Waals surface area (Å²) >= 11 is 0. The van der Waals surface area contributed by atoms with Crippen LogP contribution < -0.4 is 11.1 Å². The molecule has 3 N–H and O–H groups in total. The second kappa shape index (κ2) is 5.99. The molecule has 24 heavy (non-hydrogen) atoms. The van der Waals surface area contributed by atoms with Crippen molar-refractivity contribution in [3.05, 3.63) is 45.6 Å². The molecule has 0 bridgehead atoms. The molecule has 0 aromatic heterocycles. The highest BCUT2D eigenvalue weighted by Crippen LogP contribution is 2.27. The van der Waals surface area contributed by atoms with Gasteiger partial charge in [-0.25, -0.2) is 9.59 Å². The van der Waals surface area contributed by atoms with Gasteiger partial charge >= 0.3 is 11.9 Å². The quantitative estimate of drug-likeness (QED) is 0.270. The van der Waals surface area contributed by atoms with E-state index in [0.29, 0.717) is 0 Å². The maximum atomic E-state index is 11.8. The highest BCUT2D eigenvalue weighted by Gasteiger charge is 2.39. The number of hydrogen-bond donors (Lipinski definition) is 2. The smallest absolute Gasteiger partial charge is 0.350 e. The maximum Gasteiger partial charge on any atom is 0.350 e. The minimum absolute atomic E-state index is 0.0466. The van der Waals surface area contributed by atoms with Gasteiger partial charge in [-0.05, 0) is 6.07 Å². The van der Waals surface area contributed by atoms with Crippen molar-refractivity contribution in [2.24, 2.45) is 5.73 Å². The molecule has 0 radical (unpaired) electrons. The zero-order valence-corrected chi connectivity index (χ0v) is 12.7. The first-order valence-corrected chi connectivity index (χ1v) is 6.63. The Bertz CT molecular complexity index is 761. The number of cyclic esters (lactones) is 2. The van der Waals surface area contributed by atoms with Crippen molar-refractivity contribution in [2.75, 3.05) is 5.32 Å². The van der Waals surface area contributed by atoms with Crippen LogP contribution in [-0.4, -0.2) is 28.6 Å². The van der Waals surface area contributed by atoms with Gasteiger partial charge in [0.2, 0.25) is 0 Å². The van der Waals surface area contributed by atoms with Crippen LogP contribution in [0.1, 0.15) is 24.2 Å². The van der Waals surface area contributed by atoms with Crippen LogP contribution in [0, 0.1) is 10.1 Å². The Balaban J connectivity index is 2.37. The van der Waals surface area contributed by atoms with Gasteiger partial charge in [-0.3, -0.25) is 14.9 Å². The summed E-state index contributed by atoms with van der Waals surface area (Å²) in [4.78, 5) is 45.3. The summed E-state index contributed by atoms with van der Waals surface area (Å²) < 4.78 is 9.79. The van der Waals surface area contributed by atoms with E-state index < -0.39 is 45.4 Å². The minimum atomic E-state index is -1.39. The summed E-state index contributed by atoms with van der Waals surface area (Å²) in [5, 5.41) is 13.4. The van der Waals surface area contributed by atoms with E-state index in [-0.39, 0.29) is 5.69 Å². The van der Waals surface area contributed by atoms with Gasteiger partial charge in [0.15, 0.2) is 5.57 Å². The zero-order chi connectivity index (χ0) is 18.1. The highest BCUT2D eigenvalue weighted by atomic mass is 16.7. The maximum absolute atomic E-state index is 11.8. The van der Waals surface area contributed by atoms with E-state index in [1.807, 2.05) is 0 Å². The van der Waals surface area contributed by atoms with Crippen LogP contribution in [0.25, 0.3) is 0 Å². The molecule has 0 saturated carbocycles. The van der Waals surface area contributed by atoms with Crippen LogP contribution in [0.15, 0.2) is 30.0 Å². The third kappa shape index (κ3) is 3.32. The standard InChI is InChI=1S/C14H13N3O7/c1-14(2)23-12(19)7(13(20)24-14)6-16-8-4-3-5-9(17(21)22)10(8)11(15)18/h3-6,16H,1-2H3,(H2,15,18). The Morgan fingerprint density at radius 1 is 1.29 bits per heavy atom. The first kappa shape index (κ1) is 16.9. The van der Waals surface area contributed by atoms with E-state index in [4.69, 9.17) is 15.2 Å². The van der Waals surface area contributed by atoms with E-state index in [0.717, 1.165) is 12.3 Å². The Kier molecular flexibility index (Phi) is 4.22. The van der Waals surface area contributed by atoms with Crippen LogP contribution in [0.3, 0.4) is 0 Å². The number of nitrogens with two attached hydrogens (primary N) is 1. The molecule has 1 amide bonds. The highest BCUT2D eigenvalue weighted by molar-refractivity contribution is 6.15. The van der Waals surface area contributed by atoms with Crippen molar-refractivity contribution in [3.63, 3.8) is 0 Å². The number of esters is 2. The van der Waals surface area contributed by atoms with Gasteiger partial charge in [-0.15, -0.1) is 0 Å². The number of nitrogens with one attached hydrogen (secondary N) is 1. The molecule has 1 aromatic carbocycles. The molecular formula is C14H13N3O7. The Morgan fingerprint density at radius 2 is 1.88 bits per heavy atom. The number of nitro benzene ring substituents is 1. The van der Waals surface area contributed by atoms with Gasteiger partial charge in [-0.2, -0.15) is 0 Å². The van der Waals surface area contributed by atoms with E-state index >= 15 is 0 Å². The molecule has 0 aliphatic carbocycles. The third-order valence-corrected chi connectivity index (χ3v) is 2.97. The summed E-state index contributed by atoms with van der Waals surface area (Å²) in [7, 11) is 0.